The molecule has 0 spiro atoms. The number of amides is 2. The van der Waals surface area contributed by atoms with E-state index in [9.17, 15) is 14.4 Å². The largest absolute Gasteiger partial charge is 0.457 e. The van der Waals surface area contributed by atoms with Crippen molar-refractivity contribution in [3.63, 3.8) is 0 Å². The Hall–Kier alpha value is -3.29. The highest BCUT2D eigenvalue weighted by Gasteiger charge is 2.42. The summed E-state index contributed by atoms with van der Waals surface area (Å²) in [6.07, 6.45) is -0.797. The second kappa shape index (κ2) is 8.70. The first-order chi connectivity index (χ1) is 12.5. The van der Waals surface area contributed by atoms with Gasteiger partial charge in [-0.25, -0.2) is 4.79 Å². The summed E-state index contributed by atoms with van der Waals surface area (Å²) >= 11 is 0. The van der Waals surface area contributed by atoms with Crippen LogP contribution in [0.5, 0.6) is 0 Å². The van der Waals surface area contributed by atoms with Crippen LogP contribution in [-0.2, 0) is 19.1 Å². The van der Waals surface area contributed by atoms with Crippen molar-refractivity contribution < 1.29 is 28.6 Å². The molecule has 0 radical (unpaired) electrons. The van der Waals surface area contributed by atoms with Gasteiger partial charge in [-0.15, -0.1) is 0 Å². The molecule has 1 heterocycles. The quantitative estimate of drug-likeness (QED) is 0.223. The molecule has 0 bridgehead atoms. The summed E-state index contributed by atoms with van der Waals surface area (Å²) in [5, 5.41) is 5.05. The Labute approximate surface area is 149 Å². The van der Waals surface area contributed by atoms with Gasteiger partial charge in [-0.1, -0.05) is 24.8 Å². The fourth-order valence-electron chi connectivity index (χ4n) is 2.16. The lowest BCUT2D eigenvalue weighted by Gasteiger charge is -2.36. The standard InChI is InChI=1S/C17H18N4O5/c1-3-25-17(24)12(21-18)10(2)9-26-16-13(15(23)20-16)19-14(22)11-7-5-4-6-8-11/h4-8,13,16H,2-3,9H2,1H3,(H,19,22)(H,20,23). The van der Waals surface area contributed by atoms with Gasteiger partial charge in [0.25, 0.3) is 5.91 Å². The molecular weight excluding hydrogens is 340 g/mol. The molecule has 1 saturated heterocycles. The number of ether oxygens (including phenoxy) is 2. The van der Waals surface area contributed by atoms with Crippen LogP contribution in [0, 0.1) is 0 Å². The van der Waals surface area contributed by atoms with Crippen LogP contribution >= 0.6 is 0 Å². The zero-order chi connectivity index (χ0) is 19.1. The first kappa shape index (κ1) is 19.0. The predicted octanol–water partition coefficient (Wildman–Crippen LogP) is 0.0476. The van der Waals surface area contributed by atoms with Gasteiger partial charge in [0.1, 0.15) is 0 Å². The fraction of sp³-hybridized carbons (Fsp3) is 0.294. The molecular formula is C17H18N4O5. The summed E-state index contributed by atoms with van der Waals surface area (Å²) in [6, 6.07) is 7.54. The lowest BCUT2D eigenvalue weighted by molar-refractivity contribution is -0.146. The maximum absolute atomic E-state index is 12.1. The van der Waals surface area contributed by atoms with Crippen molar-refractivity contribution in [2.45, 2.75) is 19.2 Å². The van der Waals surface area contributed by atoms with Crippen LogP contribution in [0.25, 0.3) is 5.53 Å². The highest BCUT2D eigenvalue weighted by atomic mass is 16.5. The molecule has 1 aromatic carbocycles. The monoisotopic (exact) mass is 358 g/mol. The third-order valence-corrected chi connectivity index (χ3v) is 3.53. The third kappa shape index (κ3) is 4.41. The maximum Gasteiger partial charge on any atom is 0.421 e. The highest BCUT2D eigenvalue weighted by Crippen LogP contribution is 2.11. The Kier molecular flexibility index (Phi) is 6.37. The van der Waals surface area contributed by atoms with Crippen molar-refractivity contribution in [2.75, 3.05) is 13.2 Å². The molecule has 9 nitrogen and oxygen atoms in total. The summed E-state index contributed by atoms with van der Waals surface area (Å²) < 4.78 is 10.2. The van der Waals surface area contributed by atoms with E-state index in [0.29, 0.717) is 5.56 Å². The number of nitrogens with one attached hydrogen (secondary N) is 2. The van der Waals surface area contributed by atoms with Crippen LogP contribution < -0.4 is 10.6 Å². The number of benzene rings is 1. The molecule has 2 atom stereocenters. The number of hydrogen-bond acceptors (Lipinski definition) is 5. The molecule has 26 heavy (non-hydrogen) atoms. The van der Waals surface area contributed by atoms with E-state index in [4.69, 9.17) is 15.0 Å². The molecule has 1 fully saturated rings. The van der Waals surface area contributed by atoms with Crippen LogP contribution in [0.15, 0.2) is 42.5 Å². The van der Waals surface area contributed by atoms with E-state index in [-0.39, 0.29) is 24.5 Å². The minimum atomic E-state index is -0.882. The summed E-state index contributed by atoms with van der Waals surface area (Å²) in [6.45, 7) is 5.10. The molecule has 0 aromatic heterocycles. The molecule has 2 N–H and O–H groups in total. The van der Waals surface area contributed by atoms with Crippen LogP contribution in [0.4, 0.5) is 0 Å². The Morgan fingerprint density at radius 2 is 2.04 bits per heavy atom. The SMILES string of the molecule is C=C(COC1NC(=O)C1NC(=O)c1ccccc1)C(=[N+]=[N-])C(=O)OCC. The number of rotatable bonds is 8. The minimum absolute atomic E-state index is 0.0697. The number of carbonyl (C=O) groups is 3. The molecule has 136 valence electrons. The van der Waals surface area contributed by atoms with Crippen LogP contribution in [0.1, 0.15) is 17.3 Å². The van der Waals surface area contributed by atoms with Gasteiger partial charge in [0, 0.05) is 5.56 Å². The molecule has 2 rings (SSSR count). The van der Waals surface area contributed by atoms with Crippen molar-refractivity contribution in [1.29, 1.82) is 0 Å². The molecule has 1 aromatic rings. The molecule has 9 heteroatoms. The van der Waals surface area contributed by atoms with Gasteiger partial charge in [0.15, 0.2) is 12.3 Å². The van der Waals surface area contributed by atoms with E-state index < -0.39 is 30.1 Å². The second-order valence-electron chi connectivity index (χ2n) is 5.33. The van der Waals surface area contributed by atoms with Crippen LogP contribution in [0.3, 0.4) is 0 Å². The van der Waals surface area contributed by atoms with Crippen molar-refractivity contribution in [3.8, 4) is 0 Å². The third-order valence-electron chi connectivity index (χ3n) is 3.53. The number of hydrogen-bond donors (Lipinski definition) is 2. The summed E-state index contributed by atoms with van der Waals surface area (Å²) in [5.74, 6) is -1.65. The first-order valence-electron chi connectivity index (χ1n) is 7.83. The van der Waals surface area contributed by atoms with Crippen LogP contribution in [0.2, 0.25) is 0 Å². The van der Waals surface area contributed by atoms with Crippen molar-refractivity contribution in [3.05, 3.63) is 53.6 Å². The molecule has 0 saturated carbocycles. The second-order valence-corrected chi connectivity index (χ2v) is 5.33. The van der Waals surface area contributed by atoms with Gasteiger partial charge >= 0.3 is 11.7 Å². The molecule has 1 aliphatic rings. The number of carbonyl (C=O) groups excluding carboxylic acids is 3. The maximum atomic E-state index is 12.1. The van der Waals surface area contributed by atoms with Gasteiger partial charge in [0.05, 0.1) is 18.8 Å². The summed E-state index contributed by atoms with van der Waals surface area (Å²) in [5.41, 5.74) is 9.02. The Morgan fingerprint density at radius 3 is 2.62 bits per heavy atom. The Bertz CT molecular complexity index is 771. The normalized spacial score (nSPS) is 18.0. The topological polar surface area (TPSA) is 130 Å². The van der Waals surface area contributed by atoms with Crippen molar-refractivity contribution in [2.24, 2.45) is 0 Å². The minimum Gasteiger partial charge on any atom is -0.457 e. The Balaban J connectivity index is 1.90. The number of β-lactam (4-membered cyclic amide) rings is 1. The van der Waals surface area contributed by atoms with Gasteiger partial charge < -0.3 is 25.6 Å². The summed E-state index contributed by atoms with van der Waals surface area (Å²) in [7, 11) is 0. The van der Waals surface area contributed by atoms with Gasteiger partial charge in [-0.05, 0) is 19.1 Å². The highest BCUT2D eigenvalue weighted by molar-refractivity contribution is 6.40. The smallest absolute Gasteiger partial charge is 0.421 e. The molecule has 2 amide bonds. The van der Waals surface area contributed by atoms with Crippen molar-refractivity contribution in [1.82, 2.24) is 10.6 Å². The van der Waals surface area contributed by atoms with E-state index in [0.717, 1.165) is 0 Å². The number of esters is 1. The summed E-state index contributed by atoms with van der Waals surface area (Å²) in [4.78, 5) is 38.2. The van der Waals surface area contributed by atoms with Gasteiger partial charge in [-0.3, -0.25) is 9.59 Å². The van der Waals surface area contributed by atoms with Gasteiger partial charge in [0.2, 0.25) is 5.91 Å². The van der Waals surface area contributed by atoms with E-state index in [2.05, 4.69) is 22.0 Å². The van der Waals surface area contributed by atoms with Crippen molar-refractivity contribution >= 4 is 23.5 Å². The first-order valence-corrected chi connectivity index (χ1v) is 7.83. The van der Waals surface area contributed by atoms with Gasteiger partial charge in [-0.2, -0.15) is 4.79 Å². The Morgan fingerprint density at radius 1 is 1.35 bits per heavy atom. The molecule has 0 aliphatic carbocycles. The predicted molar refractivity (Wildman–Crippen MR) is 90.0 cm³/mol. The van der Waals surface area contributed by atoms with E-state index >= 15 is 0 Å². The van der Waals surface area contributed by atoms with E-state index in [1.54, 1.807) is 37.3 Å². The zero-order valence-corrected chi connectivity index (χ0v) is 14.1. The lowest BCUT2D eigenvalue weighted by atomic mass is 10.1. The molecule has 2 unspecified atom stereocenters. The number of nitrogens with zero attached hydrogens (tertiary/aromatic N) is 2. The average molecular weight is 358 g/mol. The van der Waals surface area contributed by atoms with E-state index in [1.165, 1.54) is 0 Å². The van der Waals surface area contributed by atoms with E-state index in [1.807, 2.05) is 0 Å². The fourth-order valence-corrected chi connectivity index (χ4v) is 2.16. The average Bonchev–Trinajstić information content (AvgIpc) is 2.64. The molecule has 1 aliphatic heterocycles. The zero-order valence-electron chi connectivity index (χ0n) is 14.1. The van der Waals surface area contributed by atoms with Crippen LogP contribution in [-0.4, -0.2) is 53.8 Å². The lowest BCUT2D eigenvalue weighted by Crippen LogP contribution is -2.70.